The molecule has 6 atom stereocenters. The molecule has 0 amide bonds. The molecule has 9 nitrogen and oxygen atoms in total. The number of hydrogen-bond acceptors (Lipinski definition) is 9. The maximum Gasteiger partial charge on any atom is 0.305 e. The van der Waals surface area contributed by atoms with Crippen molar-refractivity contribution in [3.05, 3.63) is 0 Å². The van der Waals surface area contributed by atoms with Gasteiger partial charge in [0.25, 0.3) is 0 Å². The van der Waals surface area contributed by atoms with E-state index in [0.717, 1.165) is 19.3 Å². The second kappa shape index (κ2) is 15.1. The summed E-state index contributed by atoms with van der Waals surface area (Å²) in [7, 11) is 0. The molecule has 1 fully saturated rings. The minimum absolute atomic E-state index is 0.0489. The Labute approximate surface area is 185 Å². The second-order valence-corrected chi connectivity index (χ2v) is 8.55. The molecule has 0 saturated carbocycles. The molecule has 0 aromatic rings. The summed E-state index contributed by atoms with van der Waals surface area (Å²) in [5.74, 6) is -0.326. The summed E-state index contributed by atoms with van der Waals surface area (Å²) in [4.78, 5) is 12.1. The third-order valence-corrected chi connectivity index (χ3v) is 6.01. The Kier molecular flexibility index (Phi) is 13.8. The van der Waals surface area contributed by atoms with E-state index in [1.54, 1.807) is 0 Å². The summed E-state index contributed by atoms with van der Waals surface area (Å²) >= 11 is 0. The van der Waals surface area contributed by atoms with E-state index in [-0.39, 0.29) is 25.8 Å². The fraction of sp³-hybridized carbons (Fsp3) is 0.955. The Hall–Kier alpha value is -0.810. The van der Waals surface area contributed by atoms with Crippen molar-refractivity contribution in [1.29, 1.82) is 0 Å². The molecule has 9 heteroatoms. The van der Waals surface area contributed by atoms with Gasteiger partial charge in [0.05, 0.1) is 25.2 Å². The van der Waals surface area contributed by atoms with Crippen LogP contribution in [0.15, 0.2) is 0 Å². The summed E-state index contributed by atoms with van der Waals surface area (Å²) in [5, 5.41) is 48.9. The van der Waals surface area contributed by atoms with Crippen molar-refractivity contribution in [1.82, 2.24) is 0 Å². The van der Waals surface area contributed by atoms with Crippen molar-refractivity contribution in [2.24, 2.45) is 5.41 Å². The fourth-order valence-electron chi connectivity index (χ4n) is 3.45. The van der Waals surface area contributed by atoms with E-state index < -0.39 is 42.7 Å². The molecule has 0 aliphatic carbocycles. The normalized spacial score (nSPS) is 28.3. The van der Waals surface area contributed by atoms with Crippen LogP contribution in [-0.4, -0.2) is 88.6 Å². The number of rotatable bonds is 16. The Morgan fingerprint density at radius 2 is 1.55 bits per heavy atom. The van der Waals surface area contributed by atoms with E-state index in [1.807, 2.05) is 6.92 Å². The van der Waals surface area contributed by atoms with Crippen molar-refractivity contribution in [2.45, 2.75) is 102 Å². The van der Waals surface area contributed by atoms with E-state index in [2.05, 4.69) is 6.92 Å². The highest BCUT2D eigenvalue weighted by atomic mass is 16.7. The number of aliphatic hydroxyl groups is 5. The average molecular weight is 451 g/mol. The molecule has 0 aromatic carbocycles. The highest BCUT2D eigenvalue weighted by Crippen LogP contribution is 2.27. The molecule has 31 heavy (non-hydrogen) atoms. The van der Waals surface area contributed by atoms with Crippen LogP contribution in [0.1, 0.15) is 71.6 Å². The number of esters is 1. The Balaban J connectivity index is 2.44. The number of carbonyl (C=O) groups is 1. The molecule has 1 unspecified atom stereocenters. The van der Waals surface area contributed by atoms with Crippen LogP contribution in [0.2, 0.25) is 0 Å². The van der Waals surface area contributed by atoms with Gasteiger partial charge in [-0.2, -0.15) is 0 Å². The van der Waals surface area contributed by atoms with E-state index in [1.165, 1.54) is 25.7 Å². The van der Waals surface area contributed by atoms with Gasteiger partial charge in [0, 0.05) is 6.42 Å². The summed E-state index contributed by atoms with van der Waals surface area (Å²) in [6.45, 7) is 2.97. The van der Waals surface area contributed by atoms with Gasteiger partial charge in [-0.15, -0.1) is 0 Å². The Morgan fingerprint density at radius 1 is 0.903 bits per heavy atom. The molecule has 1 aliphatic rings. The molecule has 5 N–H and O–H groups in total. The van der Waals surface area contributed by atoms with Crippen molar-refractivity contribution < 1.29 is 44.5 Å². The van der Waals surface area contributed by atoms with Gasteiger partial charge in [0.2, 0.25) is 0 Å². The zero-order chi connectivity index (χ0) is 23.3. The number of hydrogen-bond donors (Lipinski definition) is 5. The van der Waals surface area contributed by atoms with Gasteiger partial charge >= 0.3 is 5.97 Å². The van der Waals surface area contributed by atoms with E-state index >= 15 is 0 Å². The maximum absolute atomic E-state index is 12.1. The molecule has 1 aliphatic heterocycles. The molecule has 0 bridgehead atoms. The summed E-state index contributed by atoms with van der Waals surface area (Å²) in [6.07, 6.45) is 1.57. The summed E-state index contributed by atoms with van der Waals surface area (Å²) in [6, 6.07) is 0. The first-order valence-electron chi connectivity index (χ1n) is 11.5. The fourth-order valence-corrected chi connectivity index (χ4v) is 3.45. The topological polar surface area (TPSA) is 146 Å². The lowest BCUT2D eigenvalue weighted by molar-refractivity contribution is -0.307. The number of carbonyl (C=O) groups excluding carboxylic acids is 1. The number of unbranched alkanes of at least 4 members (excludes halogenated alkanes) is 6. The predicted molar refractivity (Wildman–Crippen MR) is 113 cm³/mol. The average Bonchev–Trinajstić information content (AvgIpc) is 2.78. The molecule has 0 radical (unpaired) electrons. The van der Waals surface area contributed by atoms with E-state index in [4.69, 9.17) is 14.2 Å². The predicted octanol–water partition coefficient (Wildman–Crippen LogP) is 0.875. The van der Waals surface area contributed by atoms with Gasteiger partial charge in [0.15, 0.2) is 6.29 Å². The third-order valence-electron chi connectivity index (χ3n) is 6.01. The van der Waals surface area contributed by atoms with Crippen molar-refractivity contribution in [3.63, 3.8) is 0 Å². The monoisotopic (exact) mass is 450 g/mol. The molecular formula is C22H42O9. The van der Waals surface area contributed by atoms with Crippen LogP contribution in [0, 0.1) is 5.41 Å². The summed E-state index contributed by atoms with van der Waals surface area (Å²) in [5.41, 5.74) is -0.894. The first-order chi connectivity index (χ1) is 14.8. The first-order valence-corrected chi connectivity index (χ1v) is 11.5. The smallest absolute Gasteiger partial charge is 0.305 e. The van der Waals surface area contributed by atoms with Crippen molar-refractivity contribution in [3.8, 4) is 0 Å². The zero-order valence-corrected chi connectivity index (χ0v) is 18.9. The van der Waals surface area contributed by atoms with Crippen LogP contribution in [0.5, 0.6) is 0 Å². The first kappa shape index (κ1) is 28.2. The van der Waals surface area contributed by atoms with Crippen LogP contribution < -0.4 is 0 Å². The SMILES string of the molecule is CCCCCCCCCC(=O)OCC(CC)(CO)CO[C@H]1O[C@H](CO)[C@@H](O)[C@H](O)[C@H]1O. The van der Waals surface area contributed by atoms with Crippen LogP contribution in [0.4, 0.5) is 0 Å². The van der Waals surface area contributed by atoms with Gasteiger partial charge in [-0.25, -0.2) is 0 Å². The van der Waals surface area contributed by atoms with Gasteiger partial charge in [-0.3, -0.25) is 4.79 Å². The third kappa shape index (κ3) is 9.29. The number of aliphatic hydroxyl groups excluding tert-OH is 5. The second-order valence-electron chi connectivity index (χ2n) is 8.55. The lowest BCUT2D eigenvalue weighted by Crippen LogP contribution is -2.59. The van der Waals surface area contributed by atoms with Gasteiger partial charge in [0.1, 0.15) is 31.0 Å². The van der Waals surface area contributed by atoms with Crippen molar-refractivity contribution in [2.75, 3.05) is 26.4 Å². The summed E-state index contributed by atoms with van der Waals surface area (Å²) < 4.78 is 16.3. The standard InChI is InChI=1S/C22H42O9/c1-3-5-6-7-8-9-10-11-17(25)29-14-22(4-2,13-24)15-30-21-20(28)19(27)18(26)16(12-23)31-21/h16,18-21,23-24,26-28H,3-15H2,1-2H3/t16-,18-,19+,20-,21+,22?/m1/s1. The lowest BCUT2D eigenvalue weighted by Gasteiger charge is -2.41. The Morgan fingerprint density at radius 3 is 2.13 bits per heavy atom. The van der Waals surface area contributed by atoms with E-state index in [9.17, 15) is 30.3 Å². The van der Waals surface area contributed by atoms with E-state index in [0.29, 0.717) is 12.8 Å². The minimum atomic E-state index is -1.54. The molecule has 184 valence electrons. The highest BCUT2D eigenvalue weighted by Gasteiger charge is 2.45. The molecule has 1 heterocycles. The van der Waals surface area contributed by atoms with Crippen LogP contribution >= 0.6 is 0 Å². The zero-order valence-electron chi connectivity index (χ0n) is 18.9. The van der Waals surface area contributed by atoms with Crippen molar-refractivity contribution >= 4 is 5.97 Å². The molecule has 1 rings (SSSR count). The van der Waals surface area contributed by atoms with Crippen LogP contribution in [0.3, 0.4) is 0 Å². The van der Waals surface area contributed by atoms with Crippen LogP contribution in [-0.2, 0) is 19.0 Å². The maximum atomic E-state index is 12.1. The van der Waals surface area contributed by atoms with Crippen LogP contribution in [0.25, 0.3) is 0 Å². The minimum Gasteiger partial charge on any atom is -0.465 e. The number of ether oxygens (including phenoxy) is 3. The highest BCUT2D eigenvalue weighted by molar-refractivity contribution is 5.69. The molecule has 0 aromatic heterocycles. The quantitative estimate of drug-likeness (QED) is 0.171. The molecular weight excluding hydrogens is 408 g/mol. The van der Waals surface area contributed by atoms with Gasteiger partial charge in [-0.1, -0.05) is 52.4 Å². The van der Waals surface area contributed by atoms with Gasteiger partial charge < -0.3 is 39.7 Å². The Bertz CT molecular complexity index is 482. The largest absolute Gasteiger partial charge is 0.465 e. The lowest BCUT2D eigenvalue weighted by atomic mass is 9.88. The van der Waals surface area contributed by atoms with Gasteiger partial charge in [-0.05, 0) is 12.8 Å². The molecule has 1 saturated heterocycles. The molecule has 0 spiro atoms.